The molecule has 18 heavy (non-hydrogen) atoms. The Morgan fingerprint density at radius 2 is 2.17 bits per heavy atom. The van der Waals surface area contributed by atoms with Crippen LogP contribution in [0.15, 0.2) is 29.6 Å². The minimum absolute atomic E-state index is 0.135. The summed E-state index contributed by atoms with van der Waals surface area (Å²) < 4.78 is 1.17. The molecule has 0 atom stereocenters. The van der Waals surface area contributed by atoms with Gasteiger partial charge in [-0.15, -0.1) is 22.9 Å². The minimum atomic E-state index is 0.135. The van der Waals surface area contributed by atoms with Gasteiger partial charge in [-0.05, 0) is 18.9 Å². The lowest BCUT2D eigenvalue weighted by Gasteiger charge is -2.20. The number of halogens is 1. The molecule has 0 unspecified atom stereocenters. The normalized spacial score (nSPS) is 14.9. The number of fused-ring (bicyclic) bond motifs is 1. The fourth-order valence-corrected chi connectivity index (χ4v) is 3.34. The molecule has 94 valence electrons. The Morgan fingerprint density at radius 3 is 2.89 bits per heavy atom. The van der Waals surface area contributed by atoms with Crippen LogP contribution >= 0.6 is 22.9 Å². The maximum atomic E-state index is 12.6. The van der Waals surface area contributed by atoms with E-state index in [2.05, 4.69) is 6.07 Å². The molecule has 0 aliphatic heterocycles. The number of hydrogen-bond donors (Lipinski definition) is 0. The molecular formula is C14H14ClNOS. The van der Waals surface area contributed by atoms with E-state index in [1.165, 1.54) is 4.70 Å². The van der Waals surface area contributed by atoms with Gasteiger partial charge >= 0.3 is 0 Å². The number of benzene rings is 1. The van der Waals surface area contributed by atoms with Gasteiger partial charge in [0.2, 0.25) is 0 Å². The minimum Gasteiger partial charge on any atom is -0.334 e. The van der Waals surface area contributed by atoms with Gasteiger partial charge in [-0.25, -0.2) is 0 Å². The van der Waals surface area contributed by atoms with Crippen LogP contribution in [-0.4, -0.2) is 29.3 Å². The lowest BCUT2D eigenvalue weighted by atomic mass is 10.1. The molecule has 1 saturated carbocycles. The summed E-state index contributed by atoms with van der Waals surface area (Å²) in [5, 5.41) is 3.03. The Balaban J connectivity index is 1.95. The molecule has 4 heteroatoms. The molecular weight excluding hydrogens is 266 g/mol. The molecule has 2 nitrogen and oxygen atoms in total. The van der Waals surface area contributed by atoms with Gasteiger partial charge in [0.05, 0.1) is 5.56 Å². The van der Waals surface area contributed by atoms with Crippen LogP contribution < -0.4 is 0 Å². The zero-order valence-electron chi connectivity index (χ0n) is 9.93. The highest BCUT2D eigenvalue weighted by Crippen LogP contribution is 2.32. The summed E-state index contributed by atoms with van der Waals surface area (Å²) in [4.78, 5) is 14.5. The molecule has 2 aromatic rings. The second-order valence-electron chi connectivity index (χ2n) is 4.56. The van der Waals surface area contributed by atoms with Crippen LogP contribution in [0.1, 0.15) is 23.2 Å². The topological polar surface area (TPSA) is 20.3 Å². The monoisotopic (exact) mass is 279 g/mol. The predicted octanol–water partition coefficient (Wildman–Crippen LogP) is 3.74. The van der Waals surface area contributed by atoms with Crippen LogP contribution in [0.3, 0.4) is 0 Å². The number of carbonyl (C=O) groups excluding carboxylic acids is 1. The van der Waals surface area contributed by atoms with Crippen molar-refractivity contribution < 1.29 is 4.79 Å². The molecule has 1 aliphatic rings. The van der Waals surface area contributed by atoms with Crippen LogP contribution in [0.5, 0.6) is 0 Å². The van der Waals surface area contributed by atoms with Crippen LogP contribution in [0, 0.1) is 0 Å². The summed E-state index contributed by atoms with van der Waals surface area (Å²) in [5.74, 6) is 0.639. The smallest absolute Gasteiger partial charge is 0.255 e. The lowest BCUT2D eigenvalue weighted by molar-refractivity contribution is 0.0756. The first kappa shape index (κ1) is 12.0. The van der Waals surface area contributed by atoms with E-state index >= 15 is 0 Å². The van der Waals surface area contributed by atoms with Crippen molar-refractivity contribution in [1.82, 2.24) is 4.90 Å². The molecule has 0 saturated heterocycles. The van der Waals surface area contributed by atoms with Gasteiger partial charge in [0.15, 0.2) is 0 Å². The number of carbonyl (C=O) groups is 1. The van der Waals surface area contributed by atoms with E-state index < -0.39 is 0 Å². The van der Waals surface area contributed by atoms with Crippen molar-refractivity contribution >= 4 is 38.9 Å². The predicted molar refractivity (Wildman–Crippen MR) is 76.6 cm³/mol. The molecule has 0 N–H and O–H groups in total. The van der Waals surface area contributed by atoms with E-state index in [0.29, 0.717) is 18.5 Å². The van der Waals surface area contributed by atoms with Crippen molar-refractivity contribution in [1.29, 1.82) is 0 Å². The molecule has 1 amide bonds. The average Bonchev–Trinajstić information content (AvgIpc) is 3.14. The second-order valence-corrected chi connectivity index (χ2v) is 5.85. The maximum absolute atomic E-state index is 12.6. The summed E-state index contributed by atoms with van der Waals surface area (Å²) in [6.45, 7) is 0.648. The van der Waals surface area contributed by atoms with E-state index in [1.807, 2.05) is 28.5 Å². The zero-order chi connectivity index (χ0) is 12.5. The Kier molecular flexibility index (Phi) is 3.27. The SMILES string of the molecule is O=C(c1csc2ccccc12)N(CCCl)C1CC1. The van der Waals surface area contributed by atoms with E-state index in [9.17, 15) is 4.79 Å². The van der Waals surface area contributed by atoms with Crippen molar-refractivity contribution in [2.75, 3.05) is 12.4 Å². The molecule has 0 radical (unpaired) electrons. The largest absolute Gasteiger partial charge is 0.334 e. The number of nitrogens with zero attached hydrogens (tertiary/aromatic N) is 1. The number of alkyl halides is 1. The molecule has 1 aromatic heterocycles. The van der Waals surface area contributed by atoms with Crippen LogP contribution in [0.4, 0.5) is 0 Å². The first-order chi connectivity index (χ1) is 8.81. The van der Waals surface area contributed by atoms with Gasteiger partial charge in [0.1, 0.15) is 0 Å². The first-order valence-corrected chi connectivity index (χ1v) is 7.56. The Bertz CT molecular complexity index is 576. The summed E-state index contributed by atoms with van der Waals surface area (Å²) in [5.41, 5.74) is 0.826. The van der Waals surface area contributed by atoms with Crippen LogP contribution in [0.2, 0.25) is 0 Å². The van der Waals surface area contributed by atoms with Gasteiger partial charge in [0.25, 0.3) is 5.91 Å². The van der Waals surface area contributed by atoms with Gasteiger partial charge in [0, 0.05) is 33.9 Å². The van der Waals surface area contributed by atoms with E-state index in [1.54, 1.807) is 11.3 Å². The average molecular weight is 280 g/mol. The summed E-state index contributed by atoms with van der Waals surface area (Å²) in [7, 11) is 0. The highest BCUT2D eigenvalue weighted by atomic mass is 35.5. The quantitative estimate of drug-likeness (QED) is 0.781. The standard InChI is InChI=1S/C14H14ClNOS/c15-7-8-16(10-5-6-10)14(17)12-9-18-13-4-2-1-3-11(12)13/h1-4,9-10H,5-8H2. The van der Waals surface area contributed by atoms with Gasteiger partial charge in [-0.2, -0.15) is 0 Å². The Labute approximate surface area is 115 Å². The summed E-state index contributed by atoms with van der Waals surface area (Å²) in [6.07, 6.45) is 2.23. The van der Waals surface area contributed by atoms with Crippen molar-refractivity contribution in [3.05, 3.63) is 35.2 Å². The fourth-order valence-electron chi connectivity index (χ4n) is 2.23. The van der Waals surface area contributed by atoms with Crippen molar-refractivity contribution in [2.24, 2.45) is 0 Å². The number of hydrogen-bond acceptors (Lipinski definition) is 2. The third kappa shape index (κ3) is 2.13. The van der Waals surface area contributed by atoms with Gasteiger partial charge in [-0.1, -0.05) is 18.2 Å². The lowest BCUT2D eigenvalue weighted by Crippen LogP contribution is -2.34. The van der Waals surface area contributed by atoms with Gasteiger partial charge < -0.3 is 4.90 Å². The summed E-state index contributed by atoms with van der Waals surface area (Å²) in [6, 6.07) is 8.47. The molecule has 1 fully saturated rings. The molecule has 0 bridgehead atoms. The molecule has 1 aromatic carbocycles. The summed E-state index contributed by atoms with van der Waals surface area (Å²) >= 11 is 7.43. The molecule has 1 heterocycles. The van der Waals surface area contributed by atoms with E-state index in [4.69, 9.17) is 11.6 Å². The maximum Gasteiger partial charge on any atom is 0.255 e. The molecule has 0 spiro atoms. The van der Waals surface area contributed by atoms with Crippen molar-refractivity contribution in [2.45, 2.75) is 18.9 Å². The second kappa shape index (κ2) is 4.90. The van der Waals surface area contributed by atoms with Crippen molar-refractivity contribution in [3.8, 4) is 0 Å². The van der Waals surface area contributed by atoms with E-state index in [-0.39, 0.29) is 5.91 Å². The third-order valence-corrected chi connectivity index (χ3v) is 4.42. The molecule has 1 aliphatic carbocycles. The zero-order valence-corrected chi connectivity index (χ0v) is 11.5. The number of amides is 1. The van der Waals surface area contributed by atoms with Crippen LogP contribution in [0.25, 0.3) is 10.1 Å². The Morgan fingerprint density at radius 1 is 1.39 bits per heavy atom. The highest BCUT2D eigenvalue weighted by molar-refractivity contribution is 7.17. The first-order valence-electron chi connectivity index (χ1n) is 6.14. The number of rotatable bonds is 4. The highest BCUT2D eigenvalue weighted by Gasteiger charge is 2.33. The van der Waals surface area contributed by atoms with Crippen LogP contribution in [-0.2, 0) is 0 Å². The Hall–Kier alpha value is -1.06. The van der Waals surface area contributed by atoms with E-state index in [0.717, 1.165) is 23.8 Å². The number of thiophene rings is 1. The van der Waals surface area contributed by atoms with Crippen molar-refractivity contribution in [3.63, 3.8) is 0 Å². The fraction of sp³-hybridized carbons (Fsp3) is 0.357. The third-order valence-electron chi connectivity index (χ3n) is 3.29. The van der Waals surface area contributed by atoms with Gasteiger partial charge in [-0.3, -0.25) is 4.79 Å². The molecule has 3 rings (SSSR count).